The zero-order valence-electron chi connectivity index (χ0n) is 15.8. The number of hydrogen-bond acceptors (Lipinski definition) is 4. The number of amides is 1. The van der Waals surface area contributed by atoms with Crippen molar-refractivity contribution in [2.45, 2.75) is 13.5 Å². The first-order valence-corrected chi connectivity index (χ1v) is 9.17. The number of aryl methyl sites for hydroxylation is 1. The molecule has 4 aromatic rings. The summed E-state index contributed by atoms with van der Waals surface area (Å²) < 4.78 is 7.08. The highest BCUT2D eigenvalue weighted by atomic mass is 16.5. The van der Waals surface area contributed by atoms with E-state index in [2.05, 4.69) is 10.3 Å². The maximum atomic E-state index is 12.5. The lowest BCUT2D eigenvalue weighted by molar-refractivity contribution is -0.116. The predicted molar refractivity (Wildman–Crippen MR) is 112 cm³/mol. The van der Waals surface area contributed by atoms with Crippen molar-refractivity contribution < 1.29 is 9.53 Å². The molecule has 3 aromatic carbocycles. The number of fused-ring (bicyclic) bond motifs is 1. The minimum absolute atomic E-state index is 0.113. The second-order valence-electron chi connectivity index (χ2n) is 6.68. The van der Waals surface area contributed by atoms with E-state index in [0.717, 1.165) is 11.3 Å². The molecule has 0 aliphatic carbocycles. The van der Waals surface area contributed by atoms with Gasteiger partial charge in [-0.1, -0.05) is 29.8 Å². The van der Waals surface area contributed by atoms with Crippen molar-refractivity contribution >= 4 is 22.5 Å². The Balaban J connectivity index is 1.41. The second-order valence-corrected chi connectivity index (χ2v) is 6.68. The zero-order chi connectivity index (χ0) is 20.2. The Hall–Kier alpha value is -3.93. The fraction of sp³-hybridized carbons (Fsp3) is 0.0870. The van der Waals surface area contributed by atoms with Crippen LogP contribution in [0.1, 0.15) is 5.56 Å². The summed E-state index contributed by atoms with van der Waals surface area (Å²) in [4.78, 5) is 29.1. The molecule has 6 heteroatoms. The van der Waals surface area contributed by atoms with Crippen LogP contribution >= 0.6 is 0 Å². The summed E-state index contributed by atoms with van der Waals surface area (Å²) in [7, 11) is 0. The van der Waals surface area contributed by atoms with E-state index < -0.39 is 0 Å². The van der Waals surface area contributed by atoms with Gasteiger partial charge in [0.05, 0.1) is 17.2 Å². The Kier molecular flexibility index (Phi) is 5.07. The summed E-state index contributed by atoms with van der Waals surface area (Å²) in [6, 6.07) is 21.9. The predicted octanol–water partition coefficient (Wildman–Crippen LogP) is 4.14. The van der Waals surface area contributed by atoms with Crippen LogP contribution in [0.2, 0.25) is 0 Å². The maximum Gasteiger partial charge on any atom is 0.261 e. The van der Waals surface area contributed by atoms with Crippen LogP contribution in [-0.4, -0.2) is 15.5 Å². The van der Waals surface area contributed by atoms with Crippen LogP contribution in [0.25, 0.3) is 10.9 Å². The molecule has 6 nitrogen and oxygen atoms in total. The minimum atomic E-state index is -0.309. The van der Waals surface area contributed by atoms with E-state index in [1.165, 1.54) is 10.9 Å². The first-order valence-electron chi connectivity index (χ1n) is 9.17. The van der Waals surface area contributed by atoms with Crippen LogP contribution in [0.15, 0.2) is 83.9 Å². The number of para-hydroxylation sites is 1. The van der Waals surface area contributed by atoms with E-state index in [1.807, 2.05) is 37.3 Å². The molecule has 1 heterocycles. The number of benzene rings is 3. The number of anilines is 1. The van der Waals surface area contributed by atoms with Gasteiger partial charge in [-0.15, -0.1) is 0 Å². The quantitative estimate of drug-likeness (QED) is 0.560. The van der Waals surface area contributed by atoms with Gasteiger partial charge in [0.1, 0.15) is 18.0 Å². The highest BCUT2D eigenvalue weighted by Gasteiger charge is 2.08. The molecule has 0 aliphatic rings. The molecule has 1 aromatic heterocycles. The molecule has 0 unspecified atom stereocenters. The molecular formula is C23H19N3O3. The number of carbonyl (C=O) groups excluding carboxylic acids is 1. The van der Waals surface area contributed by atoms with Crippen LogP contribution < -0.4 is 15.6 Å². The number of hydrogen-bond donors (Lipinski definition) is 1. The van der Waals surface area contributed by atoms with Gasteiger partial charge in [-0.25, -0.2) is 4.98 Å². The van der Waals surface area contributed by atoms with Crippen molar-refractivity contribution in [3.8, 4) is 11.5 Å². The molecule has 0 aliphatic heterocycles. The molecule has 0 spiro atoms. The number of nitrogens with zero attached hydrogens (tertiary/aromatic N) is 2. The fourth-order valence-electron chi connectivity index (χ4n) is 2.92. The van der Waals surface area contributed by atoms with Gasteiger partial charge < -0.3 is 10.1 Å². The largest absolute Gasteiger partial charge is 0.457 e. The van der Waals surface area contributed by atoms with E-state index >= 15 is 0 Å². The third-order valence-electron chi connectivity index (χ3n) is 4.44. The van der Waals surface area contributed by atoms with E-state index in [1.54, 1.807) is 42.5 Å². The van der Waals surface area contributed by atoms with Gasteiger partial charge in [-0.2, -0.15) is 0 Å². The molecule has 1 amide bonds. The Bertz CT molecular complexity index is 1210. The lowest BCUT2D eigenvalue weighted by Gasteiger charge is -2.09. The Labute approximate surface area is 167 Å². The van der Waals surface area contributed by atoms with E-state index in [4.69, 9.17) is 4.74 Å². The Morgan fingerprint density at radius 2 is 1.62 bits per heavy atom. The van der Waals surface area contributed by atoms with Crippen LogP contribution in [0.5, 0.6) is 11.5 Å². The number of aromatic nitrogens is 2. The molecule has 0 saturated heterocycles. The summed E-state index contributed by atoms with van der Waals surface area (Å²) >= 11 is 0. The molecule has 144 valence electrons. The molecule has 4 rings (SSSR count). The standard InChI is InChI=1S/C23H19N3O3/c1-16-6-10-18(11-7-16)29-19-12-8-17(9-13-19)25-22(27)14-26-15-24-21-5-3-2-4-20(21)23(26)28/h2-13,15H,14H2,1H3,(H,25,27). The van der Waals surface area contributed by atoms with E-state index in [-0.39, 0.29) is 18.0 Å². The van der Waals surface area contributed by atoms with Crippen LogP contribution in [0, 0.1) is 6.92 Å². The third kappa shape index (κ3) is 4.32. The summed E-state index contributed by atoms with van der Waals surface area (Å²) in [5.41, 5.74) is 2.15. The lowest BCUT2D eigenvalue weighted by Crippen LogP contribution is -2.27. The van der Waals surface area contributed by atoms with Gasteiger partial charge in [0.25, 0.3) is 5.56 Å². The van der Waals surface area contributed by atoms with Crippen molar-refractivity contribution in [1.29, 1.82) is 0 Å². The molecule has 0 radical (unpaired) electrons. The monoisotopic (exact) mass is 385 g/mol. The van der Waals surface area contributed by atoms with Gasteiger partial charge in [0.2, 0.25) is 5.91 Å². The smallest absolute Gasteiger partial charge is 0.261 e. The highest BCUT2D eigenvalue weighted by Crippen LogP contribution is 2.23. The number of nitrogens with one attached hydrogen (secondary N) is 1. The van der Waals surface area contributed by atoms with E-state index in [0.29, 0.717) is 22.3 Å². The maximum absolute atomic E-state index is 12.5. The highest BCUT2D eigenvalue weighted by molar-refractivity contribution is 5.90. The topological polar surface area (TPSA) is 73.2 Å². The minimum Gasteiger partial charge on any atom is -0.457 e. The molecule has 1 N–H and O–H groups in total. The average molecular weight is 385 g/mol. The summed E-state index contributed by atoms with van der Waals surface area (Å²) in [6.07, 6.45) is 1.39. The van der Waals surface area contributed by atoms with Gasteiger partial charge in [-0.05, 0) is 55.5 Å². The van der Waals surface area contributed by atoms with Gasteiger partial charge in [0.15, 0.2) is 0 Å². The normalized spacial score (nSPS) is 10.7. The third-order valence-corrected chi connectivity index (χ3v) is 4.44. The van der Waals surface area contributed by atoms with Crippen molar-refractivity contribution in [3.05, 3.63) is 95.0 Å². The first-order chi connectivity index (χ1) is 14.1. The summed E-state index contributed by atoms with van der Waals surface area (Å²) in [5.74, 6) is 1.11. The summed E-state index contributed by atoms with van der Waals surface area (Å²) in [6.45, 7) is 1.90. The van der Waals surface area contributed by atoms with Gasteiger partial charge in [0, 0.05) is 5.69 Å². The Morgan fingerprint density at radius 3 is 2.34 bits per heavy atom. The lowest BCUT2D eigenvalue weighted by atomic mass is 10.2. The van der Waals surface area contributed by atoms with Crippen LogP contribution in [-0.2, 0) is 11.3 Å². The molecule has 0 bridgehead atoms. The molecule has 0 fully saturated rings. The fourth-order valence-corrected chi connectivity index (χ4v) is 2.92. The Morgan fingerprint density at radius 1 is 0.966 bits per heavy atom. The van der Waals surface area contributed by atoms with Crippen molar-refractivity contribution in [1.82, 2.24) is 9.55 Å². The number of rotatable bonds is 5. The van der Waals surface area contributed by atoms with Gasteiger partial charge in [-0.3, -0.25) is 14.2 Å². The first kappa shape index (κ1) is 18.4. The average Bonchev–Trinajstić information content (AvgIpc) is 2.73. The molecule has 29 heavy (non-hydrogen) atoms. The number of carbonyl (C=O) groups is 1. The molecule has 0 atom stereocenters. The molecule has 0 saturated carbocycles. The zero-order valence-corrected chi connectivity index (χ0v) is 15.8. The van der Waals surface area contributed by atoms with Crippen molar-refractivity contribution in [3.63, 3.8) is 0 Å². The van der Waals surface area contributed by atoms with E-state index in [9.17, 15) is 9.59 Å². The van der Waals surface area contributed by atoms with Crippen molar-refractivity contribution in [2.75, 3.05) is 5.32 Å². The van der Waals surface area contributed by atoms with Gasteiger partial charge >= 0.3 is 0 Å². The SMILES string of the molecule is Cc1ccc(Oc2ccc(NC(=O)Cn3cnc4ccccc4c3=O)cc2)cc1. The second kappa shape index (κ2) is 7.98. The summed E-state index contributed by atoms with van der Waals surface area (Å²) in [5, 5.41) is 3.27. The van der Waals surface area contributed by atoms with Crippen molar-refractivity contribution in [2.24, 2.45) is 0 Å². The number of ether oxygens (including phenoxy) is 1. The van der Waals surface area contributed by atoms with Crippen LogP contribution in [0.4, 0.5) is 5.69 Å². The van der Waals surface area contributed by atoms with Crippen LogP contribution in [0.3, 0.4) is 0 Å². The molecular weight excluding hydrogens is 366 g/mol.